The van der Waals surface area contributed by atoms with Gasteiger partial charge >= 0.3 is 0 Å². The van der Waals surface area contributed by atoms with Crippen molar-refractivity contribution in [3.8, 4) is 0 Å². The molecular weight excluding hydrogens is 456 g/mol. The molecule has 5 rings (SSSR count). The average Bonchev–Trinajstić information content (AvgIpc) is 3.54. The Morgan fingerprint density at radius 3 is 2.61 bits per heavy atom. The van der Waals surface area contributed by atoms with Gasteiger partial charge in [-0.05, 0) is 56.9 Å². The molecule has 9 heteroatoms. The van der Waals surface area contributed by atoms with E-state index in [4.69, 9.17) is 9.72 Å². The van der Waals surface area contributed by atoms with Gasteiger partial charge in [0.25, 0.3) is 5.91 Å². The van der Waals surface area contributed by atoms with Gasteiger partial charge in [-0.1, -0.05) is 6.92 Å². The van der Waals surface area contributed by atoms with E-state index in [1.165, 1.54) is 0 Å². The Morgan fingerprint density at radius 2 is 1.94 bits per heavy atom. The molecule has 3 aromatic rings. The van der Waals surface area contributed by atoms with E-state index in [2.05, 4.69) is 29.6 Å². The standard InChI is InChI=1S/C27H34N6O3/c1-3-23-21(16-28-27(35)18-7-9-20(10-8-18)32-13-5-6-24(32)34)25(30-19-11-14-36-15-12-19)22-17-29-33(4-2)26(22)31-23/h7-10,17,19H,3-6,11-16H2,1-2H3,(H,28,35)(H,30,31). The number of hydrogen-bond donors (Lipinski definition) is 2. The fourth-order valence-corrected chi connectivity index (χ4v) is 5.09. The normalized spacial score (nSPS) is 16.6. The van der Waals surface area contributed by atoms with Crippen molar-refractivity contribution in [3.63, 3.8) is 0 Å². The number of nitrogens with zero attached hydrogens (tertiary/aromatic N) is 4. The number of hydrogen-bond acceptors (Lipinski definition) is 6. The number of carbonyl (C=O) groups excluding carboxylic acids is 2. The zero-order valence-corrected chi connectivity index (χ0v) is 21.0. The van der Waals surface area contributed by atoms with Crippen molar-refractivity contribution in [2.24, 2.45) is 0 Å². The summed E-state index contributed by atoms with van der Waals surface area (Å²) in [7, 11) is 0. The first kappa shape index (κ1) is 24.2. The zero-order chi connectivity index (χ0) is 25.1. The quantitative estimate of drug-likeness (QED) is 0.500. The fourth-order valence-electron chi connectivity index (χ4n) is 5.09. The van der Waals surface area contributed by atoms with Gasteiger partial charge in [0, 0.05) is 67.8 Å². The molecule has 0 unspecified atom stereocenters. The minimum atomic E-state index is -0.155. The molecule has 0 atom stereocenters. The van der Waals surface area contributed by atoms with E-state index in [1.54, 1.807) is 17.0 Å². The second kappa shape index (κ2) is 10.7. The average molecular weight is 491 g/mol. The molecule has 2 fully saturated rings. The van der Waals surface area contributed by atoms with Crippen molar-refractivity contribution < 1.29 is 14.3 Å². The summed E-state index contributed by atoms with van der Waals surface area (Å²) in [5, 5.41) is 12.4. The van der Waals surface area contributed by atoms with Crippen molar-refractivity contribution in [1.29, 1.82) is 0 Å². The number of benzene rings is 1. The molecular formula is C27H34N6O3. The van der Waals surface area contributed by atoms with Crippen LogP contribution in [0.5, 0.6) is 0 Å². The molecule has 0 radical (unpaired) electrons. The topological polar surface area (TPSA) is 101 Å². The van der Waals surface area contributed by atoms with Gasteiger partial charge < -0.3 is 20.3 Å². The molecule has 190 valence electrons. The Balaban J connectivity index is 1.39. The van der Waals surface area contributed by atoms with E-state index >= 15 is 0 Å². The lowest BCUT2D eigenvalue weighted by molar-refractivity contribution is -0.117. The molecule has 0 saturated carbocycles. The zero-order valence-electron chi connectivity index (χ0n) is 21.0. The maximum absolute atomic E-state index is 13.1. The third-order valence-electron chi connectivity index (χ3n) is 7.12. The summed E-state index contributed by atoms with van der Waals surface area (Å²) in [5.74, 6) is -0.0177. The second-order valence-corrected chi connectivity index (χ2v) is 9.37. The highest BCUT2D eigenvalue weighted by atomic mass is 16.5. The lowest BCUT2D eigenvalue weighted by Gasteiger charge is -2.26. The van der Waals surface area contributed by atoms with Gasteiger partial charge in [-0.15, -0.1) is 0 Å². The van der Waals surface area contributed by atoms with E-state index in [9.17, 15) is 9.59 Å². The number of ether oxygens (including phenoxy) is 1. The molecule has 2 saturated heterocycles. The third-order valence-corrected chi connectivity index (χ3v) is 7.12. The lowest BCUT2D eigenvalue weighted by Crippen LogP contribution is -2.30. The van der Waals surface area contributed by atoms with Crippen LogP contribution >= 0.6 is 0 Å². The van der Waals surface area contributed by atoms with Crippen LogP contribution in [0.25, 0.3) is 11.0 Å². The van der Waals surface area contributed by atoms with Crippen molar-refractivity contribution in [3.05, 3.63) is 47.3 Å². The molecule has 36 heavy (non-hydrogen) atoms. The molecule has 2 aliphatic heterocycles. The van der Waals surface area contributed by atoms with Gasteiger partial charge in [-0.3, -0.25) is 9.59 Å². The summed E-state index contributed by atoms with van der Waals surface area (Å²) >= 11 is 0. The molecule has 0 aliphatic carbocycles. The highest BCUT2D eigenvalue weighted by Gasteiger charge is 2.23. The molecule has 1 aromatic carbocycles. The van der Waals surface area contributed by atoms with Crippen molar-refractivity contribution in [2.75, 3.05) is 30.0 Å². The molecule has 4 heterocycles. The molecule has 0 bridgehead atoms. The Hall–Kier alpha value is -3.46. The Bertz CT molecular complexity index is 1250. The Morgan fingerprint density at radius 1 is 1.17 bits per heavy atom. The van der Waals surface area contributed by atoms with Crippen molar-refractivity contribution >= 4 is 34.2 Å². The summed E-state index contributed by atoms with van der Waals surface area (Å²) < 4.78 is 7.46. The first-order valence-corrected chi connectivity index (χ1v) is 13.0. The van der Waals surface area contributed by atoms with Crippen LogP contribution in [0.3, 0.4) is 0 Å². The molecule has 9 nitrogen and oxygen atoms in total. The van der Waals surface area contributed by atoms with Gasteiger partial charge in [0.05, 0.1) is 17.3 Å². The number of rotatable bonds is 8. The maximum atomic E-state index is 13.1. The smallest absolute Gasteiger partial charge is 0.251 e. The minimum Gasteiger partial charge on any atom is -0.381 e. The number of pyridine rings is 1. The fraction of sp³-hybridized carbons (Fsp3) is 0.481. The summed E-state index contributed by atoms with van der Waals surface area (Å²) in [4.78, 5) is 31.8. The molecule has 2 amide bonds. The highest BCUT2D eigenvalue weighted by molar-refractivity contribution is 5.98. The van der Waals surface area contributed by atoms with Crippen LogP contribution in [0.4, 0.5) is 11.4 Å². The maximum Gasteiger partial charge on any atom is 0.251 e. The number of anilines is 2. The number of aromatic nitrogens is 3. The summed E-state index contributed by atoms with van der Waals surface area (Å²) in [5.41, 5.74) is 5.23. The largest absolute Gasteiger partial charge is 0.381 e. The minimum absolute atomic E-state index is 0.137. The lowest BCUT2D eigenvalue weighted by atomic mass is 10.0. The third kappa shape index (κ3) is 4.80. The molecule has 2 aliphatic rings. The van der Waals surface area contributed by atoms with Crippen LogP contribution < -0.4 is 15.5 Å². The SMILES string of the molecule is CCc1nc2c(cnn2CC)c(NC2CCOCC2)c1CNC(=O)c1ccc(N2CCCC2=O)cc1. The number of fused-ring (bicyclic) bond motifs is 1. The summed E-state index contributed by atoms with van der Waals surface area (Å²) in [6.45, 7) is 7.47. The van der Waals surface area contributed by atoms with E-state index in [-0.39, 0.29) is 11.8 Å². The summed E-state index contributed by atoms with van der Waals surface area (Å²) in [6, 6.07) is 7.56. The molecule has 2 aromatic heterocycles. The predicted molar refractivity (Wildman–Crippen MR) is 139 cm³/mol. The van der Waals surface area contributed by atoms with Crippen LogP contribution in [0.1, 0.15) is 61.1 Å². The number of amides is 2. The second-order valence-electron chi connectivity index (χ2n) is 9.37. The number of carbonyl (C=O) groups is 2. The van der Waals surface area contributed by atoms with E-state index in [0.717, 1.165) is 85.7 Å². The van der Waals surface area contributed by atoms with Crippen molar-refractivity contribution in [2.45, 2.75) is 65.1 Å². The number of aryl methyl sites for hydroxylation is 2. The summed E-state index contributed by atoms with van der Waals surface area (Å²) in [6.07, 6.45) is 5.95. The molecule has 0 spiro atoms. The van der Waals surface area contributed by atoms with E-state index in [0.29, 0.717) is 24.6 Å². The van der Waals surface area contributed by atoms with Crippen LogP contribution in [0, 0.1) is 0 Å². The van der Waals surface area contributed by atoms with E-state index < -0.39 is 0 Å². The van der Waals surface area contributed by atoms with Gasteiger partial charge in [0.2, 0.25) is 5.91 Å². The van der Waals surface area contributed by atoms with Crippen LogP contribution in [-0.4, -0.2) is 52.4 Å². The first-order chi connectivity index (χ1) is 17.6. The number of nitrogens with one attached hydrogen (secondary N) is 2. The van der Waals surface area contributed by atoms with Crippen LogP contribution in [0.15, 0.2) is 30.5 Å². The predicted octanol–water partition coefficient (Wildman–Crippen LogP) is 3.66. The van der Waals surface area contributed by atoms with Gasteiger partial charge in [0.1, 0.15) is 0 Å². The highest BCUT2D eigenvalue weighted by Crippen LogP contribution is 2.31. The molecule has 2 N–H and O–H groups in total. The van der Waals surface area contributed by atoms with Crippen molar-refractivity contribution in [1.82, 2.24) is 20.1 Å². The van der Waals surface area contributed by atoms with Gasteiger partial charge in [-0.25, -0.2) is 9.67 Å². The first-order valence-electron chi connectivity index (χ1n) is 13.0. The van der Waals surface area contributed by atoms with E-state index in [1.807, 2.05) is 23.0 Å². The van der Waals surface area contributed by atoms with Gasteiger partial charge in [0.15, 0.2) is 5.65 Å². The van der Waals surface area contributed by atoms with Crippen LogP contribution in [-0.2, 0) is 29.0 Å². The van der Waals surface area contributed by atoms with Crippen LogP contribution in [0.2, 0.25) is 0 Å². The Kier molecular flexibility index (Phi) is 7.18. The van der Waals surface area contributed by atoms with Gasteiger partial charge in [-0.2, -0.15) is 5.10 Å². The Labute approximate surface area is 211 Å². The monoisotopic (exact) mass is 490 g/mol.